The van der Waals surface area contributed by atoms with Gasteiger partial charge in [-0.05, 0) is 37.1 Å². The molecule has 6 nitrogen and oxygen atoms in total. The first kappa shape index (κ1) is 18.9. The van der Waals surface area contributed by atoms with Crippen molar-refractivity contribution in [1.82, 2.24) is 4.98 Å². The average molecular weight is 361 g/mol. The summed E-state index contributed by atoms with van der Waals surface area (Å²) in [4.78, 5) is 16.4. The van der Waals surface area contributed by atoms with Gasteiger partial charge in [-0.15, -0.1) is 0 Å². The predicted molar refractivity (Wildman–Crippen MR) is 101 cm³/mol. The van der Waals surface area contributed by atoms with Gasteiger partial charge in [-0.2, -0.15) is 5.10 Å². The summed E-state index contributed by atoms with van der Waals surface area (Å²) in [7, 11) is 1.61. The molecule has 2 rings (SSSR count). The number of methoxy groups -OCH3 is 1. The Morgan fingerprint density at radius 3 is 2.84 bits per heavy atom. The highest BCUT2D eigenvalue weighted by molar-refractivity contribution is 7.17. The standard InChI is InChI=1S/C18H23N3O3S/c1-5-6-9-24-15-8-7-14(10-16(15)23-4)11-19-21-18-20-12(2)17(25-18)13(3)22/h7-8,10-11H,5-6,9H2,1-4H3,(H,20,21)/b19-11+. The van der Waals surface area contributed by atoms with E-state index in [0.717, 1.165) is 24.2 Å². The highest BCUT2D eigenvalue weighted by Crippen LogP contribution is 2.28. The molecule has 0 aliphatic heterocycles. The molecule has 7 heteroatoms. The van der Waals surface area contributed by atoms with Crippen molar-refractivity contribution in [3.05, 3.63) is 34.3 Å². The zero-order valence-electron chi connectivity index (χ0n) is 15.0. The third-order valence-corrected chi connectivity index (χ3v) is 4.60. The van der Waals surface area contributed by atoms with Crippen molar-refractivity contribution < 1.29 is 14.3 Å². The number of ketones is 1. The average Bonchev–Trinajstić information content (AvgIpc) is 2.97. The van der Waals surface area contributed by atoms with Crippen LogP contribution in [0.4, 0.5) is 5.13 Å². The summed E-state index contributed by atoms with van der Waals surface area (Å²) in [5.41, 5.74) is 4.44. The maximum atomic E-state index is 11.4. The molecule has 0 aliphatic rings. The molecule has 0 spiro atoms. The van der Waals surface area contributed by atoms with E-state index in [1.54, 1.807) is 13.3 Å². The Hall–Kier alpha value is -2.41. The number of nitrogens with zero attached hydrogens (tertiary/aromatic N) is 2. The number of unbranched alkanes of at least 4 members (excludes halogenated alkanes) is 1. The number of aryl methyl sites for hydroxylation is 1. The van der Waals surface area contributed by atoms with E-state index in [4.69, 9.17) is 9.47 Å². The van der Waals surface area contributed by atoms with E-state index >= 15 is 0 Å². The molecule has 0 bridgehead atoms. The Labute approximate surface area is 151 Å². The van der Waals surface area contributed by atoms with Crippen molar-refractivity contribution in [2.75, 3.05) is 19.1 Å². The molecule has 2 aromatic rings. The van der Waals surface area contributed by atoms with Crippen LogP contribution in [-0.4, -0.2) is 30.7 Å². The number of anilines is 1. The van der Waals surface area contributed by atoms with Gasteiger partial charge in [0.15, 0.2) is 17.3 Å². The first-order chi connectivity index (χ1) is 12.0. The Morgan fingerprint density at radius 2 is 2.20 bits per heavy atom. The maximum absolute atomic E-state index is 11.4. The fraction of sp³-hybridized carbons (Fsp3) is 0.389. The summed E-state index contributed by atoms with van der Waals surface area (Å²) in [6.07, 6.45) is 3.76. The molecule has 1 aromatic heterocycles. The minimum absolute atomic E-state index is 0.00966. The summed E-state index contributed by atoms with van der Waals surface area (Å²) in [6.45, 7) is 6.13. The lowest BCUT2D eigenvalue weighted by molar-refractivity contribution is 0.102. The molecule has 0 amide bonds. The van der Waals surface area contributed by atoms with Gasteiger partial charge in [0.05, 0.1) is 30.5 Å². The number of nitrogens with one attached hydrogen (secondary N) is 1. The van der Waals surface area contributed by atoms with Crippen LogP contribution in [0.1, 0.15) is 47.6 Å². The van der Waals surface area contributed by atoms with Crippen LogP contribution in [0.2, 0.25) is 0 Å². The van der Waals surface area contributed by atoms with Crippen molar-refractivity contribution >= 4 is 28.5 Å². The summed E-state index contributed by atoms with van der Waals surface area (Å²) in [5, 5.41) is 4.76. The van der Waals surface area contributed by atoms with Crippen LogP contribution < -0.4 is 14.9 Å². The highest BCUT2D eigenvalue weighted by Gasteiger charge is 2.10. The fourth-order valence-electron chi connectivity index (χ4n) is 2.14. The highest BCUT2D eigenvalue weighted by atomic mass is 32.1. The second-order valence-corrected chi connectivity index (χ2v) is 6.47. The van der Waals surface area contributed by atoms with Gasteiger partial charge < -0.3 is 9.47 Å². The second-order valence-electron chi connectivity index (χ2n) is 5.47. The van der Waals surface area contributed by atoms with Crippen LogP contribution in [0.15, 0.2) is 23.3 Å². The van der Waals surface area contributed by atoms with Crippen molar-refractivity contribution in [3.8, 4) is 11.5 Å². The lowest BCUT2D eigenvalue weighted by Gasteiger charge is -2.10. The minimum Gasteiger partial charge on any atom is -0.493 e. The molecular formula is C18H23N3O3S. The SMILES string of the molecule is CCCCOc1ccc(/C=N/Nc2nc(C)c(C(C)=O)s2)cc1OC. The Balaban J connectivity index is 2.03. The normalized spacial score (nSPS) is 10.9. The summed E-state index contributed by atoms with van der Waals surface area (Å²) in [6, 6.07) is 5.64. The number of aromatic nitrogens is 1. The number of carbonyl (C=O) groups is 1. The van der Waals surface area contributed by atoms with Gasteiger partial charge in [0, 0.05) is 6.92 Å². The quantitative estimate of drug-likeness (QED) is 0.312. The van der Waals surface area contributed by atoms with Gasteiger partial charge in [-0.25, -0.2) is 4.98 Å². The largest absolute Gasteiger partial charge is 0.493 e. The monoisotopic (exact) mass is 361 g/mol. The zero-order chi connectivity index (χ0) is 18.2. The van der Waals surface area contributed by atoms with E-state index in [0.29, 0.717) is 28.1 Å². The summed E-state index contributed by atoms with van der Waals surface area (Å²) < 4.78 is 11.1. The smallest absolute Gasteiger partial charge is 0.204 e. The predicted octanol–water partition coefficient (Wildman–Crippen LogP) is 4.29. The van der Waals surface area contributed by atoms with Gasteiger partial charge in [0.2, 0.25) is 5.13 Å². The van der Waals surface area contributed by atoms with E-state index in [1.165, 1.54) is 18.3 Å². The molecule has 0 aliphatic carbocycles. The first-order valence-corrected chi connectivity index (χ1v) is 8.95. The topological polar surface area (TPSA) is 72.8 Å². The lowest BCUT2D eigenvalue weighted by atomic mass is 10.2. The van der Waals surface area contributed by atoms with Gasteiger partial charge in [-0.1, -0.05) is 24.7 Å². The summed E-state index contributed by atoms with van der Waals surface area (Å²) in [5.74, 6) is 1.40. The number of thiazole rings is 1. The molecule has 134 valence electrons. The molecule has 0 saturated heterocycles. The number of carbonyl (C=O) groups excluding carboxylic acids is 1. The Morgan fingerprint density at radius 1 is 1.40 bits per heavy atom. The molecule has 0 radical (unpaired) electrons. The van der Waals surface area contributed by atoms with Crippen molar-refractivity contribution in [2.45, 2.75) is 33.6 Å². The zero-order valence-corrected chi connectivity index (χ0v) is 15.8. The number of hydrogen-bond acceptors (Lipinski definition) is 7. The van der Waals surface area contributed by atoms with Crippen LogP contribution in [0.5, 0.6) is 11.5 Å². The lowest BCUT2D eigenvalue weighted by Crippen LogP contribution is -1.99. The van der Waals surface area contributed by atoms with E-state index < -0.39 is 0 Å². The number of hydrogen-bond donors (Lipinski definition) is 1. The van der Waals surface area contributed by atoms with Gasteiger partial charge in [0.25, 0.3) is 0 Å². The maximum Gasteiger partial charge on any atom is 0.204 e. The number of benzene rings is 1. The third kappa shape index (κ3) is 5.29. The number of Topliss-reactive ketones (excluding diaryl/α,β-unsaturated/α-hetero) is 1. The van der Waals surface area contributed by atoms with E-state index in [-0.39, 0.29) is 5.78 Å². The van der Waals surface area contributed by atoms with Crippen molar-refractivity contribution in [3.63, 3.8) is 0 Å². The second kappa shape index (κ2) is 9.17. The van der Waals surface area contributed by atoms with E-state index in [1.807, 2.05) is 25.1 Å². The van der Waals surface area contributed by atoms with Crippen LogP contribution >= 0.6 is 11.3 Å². The molecule has 1 aromatic carbocycles. The fourth-order valence-corrected chi connectivity index (χ4v) is 2.95. The van der Waals surface area contributed by atoms with Gasteiger partial charge >= 0.3 is 0 Å². The minimum atomic E-state index is 0.00966. The van der Waals surface area contributed by atoms with Crippen LogP contribution in [0.25, 0.3) is 0 Å². The Kier molecular flexibility index (Phi) is 6.94. The third-order valence-electron chi connectivity index (χ3n) is 3.43. The van der Waals surface area contributed by atoms with Crippen LogP contribution in [-0.2, 0) is 0 Å². The molecule has 0 fully saturated rings. The number of rotatable bonds is 9. The summed E-state index contributed by atoms with van der Waals surface area (Å²) >= 11 is 1.29. The number of ether oxygens (including phenoxy) is 2. The number of hydrazone groups is 1. The van der Waals surface area contributed by atoms with E-state index in [9.17, 15) is 4.79 Å². The van der Waals surface area contributed by atoms with Crippen LogP contribution in [0.3, 0.4) is 0 Å². The Bertz CT molecular complexity index is 756. The molecule has 0 atom stereocenters. The van der Waals surface area contributed by atoms with Gasteiger partial charge in [-0.3, -0.25) is 10.2 Å². The first-order valence-electron chi connectivity index (χ1n) is 8.13. The van der Waals surface area contributed by atoms with Crippen molar-refractivity contribution in [2.24, 2.45) is 5.10 Å². The molecule has 1 heterocycles. The molecule has 0 unspecified atom stereocenters. The molecule has 1 N–H and O–H groups in total. The molecular weight excluding hydrogens is 338 g/mol. The van der Waals surface area contributed by atoms with E-state index in [2.05, 4.69) is 22.4 Å². The molecule has 25 heavy (non-hydrogen) atoms. The van der Waals surface area contributed by atoms with Gasteiger partial charge in [0.1, 0.15) is 0 Å². The van der Waals surface area contributed by atoms with Crippen LogP contribution in [0, 0.1) is 6.92 Å². The van der Waals surface area contributed by atoms with Crippen molar-refractivity contribution in [1.29, 1.82) is 0 Å². The molecule has 0 saturated carbocycles.